The van der Waals surface area contributed by atoms with Crippen molar-refractivity contribution in [2.45, 2.75) is 64.7 Å². The van der Waals surface area contributed by atoms with Gasteiger partial charge >= 0.3 is 0 Å². The fourth-order valence-electron chi connectivity index (χ4n) is 2.61. The van der Waals surface area contributed by atoms with E-state index in [4.69, 9.17) is 0 Å². The lowest BCUT2D eigenvalue weighted by Crippen LogP contribution is -2.39. The number of rotatable bonds is 4. The quantitative estimate of drug-likeness (QED) is 0.766. The van der Waals surface area contributed by atoms with E-state index in [0.717, 1.165) is 19.3 Å². The summed E-state index contributed by atoms with van der Waals surface area (Å²) in [6.45, 7) is 6.52. The van der Waals surface area contributed by atoms with Crippen molar-refractivity contribution in [3.63, 3.8) is 0 Å². The highest BCUT2D eigenvalue weighted by atomic mass is 16.2. The summed E-state index contributed by atoms with van der Waals surface area (Å²) in [6, 6.07) is 0.615. The molecule has 3 heteroatoms. The Morgan fingerprint density at radius 3 is 2.60 bits per heavy atom. The highest BCUT2D eigenvalue weighted by Crippen LogP contribution is 2.38. The molecular weight excluding hydrogens is 188 g/mol. The number of amides is 1. The molecule has 2 fully saturated rings. The molecule has 0 aromatic carbocycles. The molecule has 3 nitrogen and oxygen atoms in total. The number of carbonyl (C=O) groups excluding carboxylic acids is 1. The van der Waals surface area contributed by atoms with Gasteiger partial charge in [-0.2, -0.15) is 0 Å². The van der Waals surface area contributed by atoms with Gasteiger partial charge in [0, 0.05) is 6.04 Å². The molecule has 1 amide bonds. The van der Waals surface area contributed by atoms with Gasteiger partial charge in [-0.05, 0) is 25.2 Å². The molecule has 0 radical (unpaired) electrons. The topological polar surface area (TPSA) is 32.3 Å². The van der Waals surface area contributed by atoms with Crippen LogP contribution in [0, 0.1) is 5.92 Å². The molecule has 1 saturated heterocycles. The third kappa shape index (κ3) is 1.89. The van der Waals surface area contributed by atoms with E-state index >= 15 is 0 Å². The first-order valence-corrected chi connectivity index (χ1v) is 6.27. The summed E-state index contributed by atoms with van der Waals surface area (Å²) in [4.78, 5) is 14.3. The fourth-order valence-corrected chi connectivity index (χ4v) is 2.61. The van der Waals surface area contributed by atoms with Gasteiger partial charge < -0.3 is 4.90 Å². The highest BCUT2D eigenvalue weighted by molar-refractivity contribution is 5.85. The number of hydrogen-bond acceptors (Lipinski definition) is 2. The molecule has 86 valence electrons. The third-order valence-electron chi connectivity index (χ3n) is 3.67. The van der Waals surface area contributed by atoms with Crippen molar-refractivity contribution in [3.05, 3.63) is 0 Å². The molecule has 0 spiro atoms. The average Bonchev–Trinajstić information content (AvgIpc) is 2.84. The summed E-state index contributed by atoms with van der Waals surface area (Å²) in [5, 5.41) is 3.46. The molecule has 0 aromatic heterocycles. The van der Waals surface area contributed by atoms with Crippen molar-refractivity contribution in [3.8, 4) is 0 Å². The molecule has 4 unspecified atom stereocenters. The van der Waals surface area contributed by atoms with Crippen LogP contribution in [0.25, 0.3) is 0 Å². The molecule has 1 N–H and O–H groups in total. The lowest BCUT2D eigenvalue weighted by atomic mass is 10.2. The van der Waals surface area contributed by atoms with Gasteiger partial charge in [0.05, 0.1) is 12.2 Å². The minimum absolute atomic E-state index is 0.0905. The van der Waals surface area contributed by atoms with E-state index in [1.54, 1.807) is 0 Å². The van der Waals surface area contributed by atoms with E-state index in [1.165, 1.54) is 6.42 Å². The molecule has 1 saturated carbocycles. The second-order valence-electron chi connectivity index (χ2n) is 4.96. The molecule has 0 bridgehead atoms. The lowest BCUT2D eigenvalue weighted by Gasteiger charge is -2.23. The summed E-state index contributed by atoms with van der Waals surface area (Å²) in [5.74, 6) is 1.06. The van der Waals surface area contributed by atoms with E-state index in [-0.39, 0.29) is 6.04 Å². The molecule has 0 aromatic rings. The number of carbonyl (C=O) groups is 1. The largest absolute Gasteiger partial charge is 0.323 e. The Balaban J connectivity index is 2.04. The normalized spacial score (nSPS) is 39.9. The maximum absolute atomic E-state index is 12.2. The molecule has 1 aliphatic heterocycles. The van der Waals surface area contributed by atoms with Gasteiger partial charge in [0.15, 0.2) is 0 Å². The van der Waals surface area contributed by atoms with Crippen LogP contribution in [0.2, 0.25) is 0 Å². The van der Waals surface area contributed by atoms with E-state index in [1.807, 2.05) is 0 Å². The van der Waals surface area contributed by atoms with Crippen molar-refractivity contribution in [2.24, 2.45) is 5.92 Å². The first-order chi connectivity index (χ1) is 7.19. The Hall–Kier alpha value is -0.570. The molecule has 1 heterocycles. The monoisotopic (exact) mass is 210 g/mol. The van der Waals surface area contributed by atoms with E-state index in [0.29, 0.717) is 24.0 Å². The Kier molecular flexibility index (Phi) is 3.01. The zero-order chi connectivity index (χ0) is 11.0. The molecule has 4 atom stereocenters. The molecule has 1 aliphatic carbocycles. The van der Waals surface area contributed by atoms with Crippen LogP contribution in [0.15, 0.2) is 0 Å². The smallest absolute Gasteiger partial charge is 0.241 e. The van der Waals surface area contributed by atoms with Crippen LogP contribution in [0.3, 0.4) is 0 Å². The Bertz CT molecular complexity index is 254. The van der Waals surface area contributed by atoms with Crippen molar-refractivity contribution in [2.75, 3.05) is 0 Å². The van der Waals surface area contributed by atoms with Crippen molar-refractivity contribution >= 4 is 5.91 Å². The van der Waals surface area contributed by atoms with Gasteiger partial charge in [0.2, 0.25) is 5.91 Å². The van der Waals surface area contributed by atoms with E-state index in [2.05, 4.69) is 31.0 Å². The number of nitrogens with zero attached hydrogens (tertiary/aromatic N) is 1. The van der Waals surface area contributed by atoms with Crippen molar-refractivity contribution in [1.29, 1.82) is 0 Å². The fraction of sp³-hybridized carbons (Fsp3) is 0.917. The second-order valence-corrected chi connectivity index (χ2v) is 4.96. The van der Waals surface area contributed by atoms with Gasteiger partial charge in [0.25, 0.3) is 0 Å². The summed E-state index contributed by atoms with van der Waals surface area (Å²) < 4.78 is 0. The minimum Gasteiger partial charge on any atom is -0.323 e. The molecule has 15 heavy (non-hydrogen) atoms. The SMILES string of the molecule is CCCC1NC(CC)N(C2CC2C)C1=O. The predicted octanol–water partition coefficient (Wildman–Crippen LogP) is 1.73. The summed E-state index contributed by atoms with van der Waals surface area (Å²) in [5.41, 5.74) is 0. The number of hydrogen-bond donors (Lipinski definition) is 1. The average molecular weight is 210 g/mol. The zero-order valence-corrected chi connectivity index (χ0v) is 9.99. The van der Waals surface area contributed by atoms with Crippen molar-refractivity contribution < 1.29 is 4.79 Å². The van der Waals surface area contributed by atoms with Crippen LogP contribution in [-0.4, -0.2) is 29.1 Å². The van der Waals surface area contributed by atoms with E-state index in [9.17, 15) is 4.79 Å². The lowest BCUT2D eigenvalue weighted by molar-refractivity contribution is -0.130. The first kappa shape index (κ1) is 10.9. The Morgan fingerprint density at radius 2 is 2.13 bits per heavy atom. The van der Waals surface area contributed by atoms with Crippen LogP contribution in [0.4, 0.5) is 0 Å². The highest BCUT2D eigenvalue weighted by Gasteiger charge is 2.48. The Labute approximate surface area is 92.2 Å². The van der Waals surface area contributed by atoms with Crippen LogP contribution in [-0.2, 0) is 4.79 Å². The summed E-state index contributed by atoms with van der Waals surface area (Å²) in [7, 11) is 0. The summed E-state index contributed by atoms with van der Waals surface area (Å²) in [6.07, 6.45) is 4.57. The van der Waals surface area contributed by atoms with Crippen LogP contribution in [0.5, 0.6) is 0 Å². The zero-order valence-electron chi connectivity index (χ0n) is 9.99. The first-order valence-electron chi connectivity index (χ1n) is 6.27. The minimum atomic E-state index is 0.0905. The summed E-state index contributed by atoms with van der Waals surface area (Å²) >= 11 is 0. The van der Waals surface area contributed by atoms with Gasteiger partial charge in [0.1, 0.15) is 0 Å². The third-order valence-corrected chi connectivity index (χ3v) is 3.67. The van der Waals surface area contributed by atoms with Gasteiger partial charge in [-0.25, -0.2) is 0 Å². The van der Waals surface area contributed by atoms with Crippen LogP contribution in [0.1, 0.15) is 46.5 Å². The molecular formula is C12H22N2O. The van der Waals surface area contributed by atoms with Gasteiger partial charge in [-0.1, -0.05) is 27.2 Å². The number of nitrogens with one attached hydrogen (secondary N) is 1. The predicted molar refractivity (Wildman–Crippen MR) is 60.3 cm³/mol. The Morgan fingerprint density at radius 1 is 1.47 bits per heavy atom. The maximum Gasteiger partial charge on any atom is 0.241 e. The van der Waals surface area contributed by atoms with Crippen LogP contribution < -0.4 is 5.32 Å². The standard InChI is InChI=1S/C12H22N2O/c1-4-6-9-12(15)14(10-7-8(10)3)11(5-2)13-9/h8-11,13H,4-7H2,1-3H3. The maximum atomic E-state index is 12.2. The second kappa shape index (κ2) is 4.12. The van der Waals surface area contributed by atoms with Gasteiger partial charge in [-0.15, -0.1) is 0 Å². The van der Waals surface area contributed by atoms with Crippen molar-refractivity contribution in [1.82, 2.24) is 10.2 Å². The molecule has 2 aliphatic rings. The molecule has 2 rings (SSSR count). The van der Waals surface area contributed by atoms with Crippen LogP contribution >= 0.6 is 0 Å². The van der Waals surface area contributed by atoms with Gasteiger partial charge in [-0.3, -0.25) is 10.1 Å². The van der Waals surface area contributed by atoms with E-state index < -0.39 is 0 Å².